The molecule has 0 rings (SSSR count). The molecule has 0 heterocycles. The highest BCUT2D eigenvalue weighted by Crippen LogP contribution is 2.01. The van der Waals surface area contributed by atoms with Gasteiger partial charge in [0.15, 0.2) is 0 Å². The van der Waals surface area contributed by atoms with E-state index in [1.54, 1.807) is 0 Å². The van der Waals surface area contributed by atoms with Gasteiger partial charge in [0, 0.05) is 6.42 Å². The number of nitrogens with one attached hydrogen (secondary N) is 3. The average Bonchev–Trinajstić information content (AvgIpc) is 2.56. The number of amides is 5. The molecular weight excluding hydrogens is 364 g/mol. The summed E-state index contributed by atoms with van der Waals surface area (Å²) in [5.41, 5.74) is 15.1. The Kier molecular flexibility index (Phi) is 10.0. The van der Waals surface area contributed by atoms with Crippen LogP contribution in [0.3, 0.4) is 0 Å². The van der Waals surface area contributed by atoms with Crippen molar-refractivity contribution >= 4 is 35.5 Å². The first kappa shape index (κ1) is 23.8. The highest BCUT2D eigenvalue weighted by atomic mass is 16.4. The highest BCUT2D eigenvalue weighted by Gasteiger charge is 2.29. The Morgan fingerprint density at radius 2 is 1.44 bits per heavy atom. The van der Waals surface area contributed by atoms with E-state index in [0.29, 0.717) is 0 Å². The zero-order chi connectivity index (χ0) is 21.1. The van der Waals surface area contributed by atoms with Gasteiger partial charge in [-0.15, -0.1) is 0 Å². The van der Waals surface area contributed by atoms with E-state index in [2.05, 4.69) is 16.0 Å². The van der Waals surface area contributed by atoms with Gasteiger partial charge in [0.25, 0.3) is 0 Å². The summed E-state index contributed by atoms with van der Waals surface area (Å²) < 4.78 is 0. The zero-order valence-corrected chi connectivity index (χ0v) is 14.7. The van der Waals surface area contributed by atoms with Crippen LogP contribution in [0.15, 0.2) is 0 Å². The second-order valence-corrected chi connectivity index (χ2v) is 5.63. The minimum atomic E-state index is -1.48. The van der Waals surface area contributed by atoms with Crippen LogP contribution in [0.5, 0.6) is 0 Å². The Labute approximate surface area is 154 Å². The van der Waals surface area contributed by atoms with E-state index >= 15 is 0 Å². The van der Waals surface area contributed by atoms with E-state index in [9.17, 15) is 28.8 Å². The van der Waals surface area contributed by atoms with Crippen molar-refractivity contribution in [3.05, 3.63) is 0 Å². The molecule has 0 aliphatic rings. The van der Waals surface area contributed by atoms with Crippen LogP contribution in [0.4, 0.5) is 0 Å². The number of rotatable bonds is 12. The van der Waals surface area contributed by atoms with Gasteiger partial charge < -0.3 is 38.3 Å². The summed E-state index contributed by atoms with van der Waals surface area (Å²) in [5, 5.41) is 15.6. The van der Waals surface area contributed by atoms with E-state index in [1.165, 1.54) is 6.92 Å². The lowest BCUT2D eigenvalue weighted by atomic mass is 10.1. The Morgan fingerprint density at radius 1 is 0.889 bits per heavy atom. The molecule has 3 atom stereocenters. The molecule has 0 bridgehead atoms. The smallest absolute Gasteiger partial charge is 0.326 e. The molecule has 0 radical (unpaired) electrons. The molecule has 0 saturated carbocycles. The predicted octanol–water partition coefficient (Wildman–Crippen LogP) is -4.36. The molecule has 10 N–H and O–H groups in total. The summed E-state index contributed by atoms with van der Waals surface area (Å²) in [6.07, 6.45) is -1.19. The molecule has 0 aromatic rings. The maximum absolute atomic E-state index is 12.3. The molecule has 5 amide bonds. The van der Waals surface area contributed by atoms with Crippen LogP contribution in [0.2, 0.25) is 0 Å². The molecular formula is C14H24N6O7. The number of carbonyl (C=O) groups excluding carboxylic acids is 5. The molecule has 27 heavy (non-hydrogen) atoms. The van der Waals surface area contributed by atoms with E-state index in [-0.39, 0.29) is 19.4 Å². The van der Waals surface area contributed by atoms with Crippen molar-refractivity contribution < 1.29 is 33.9 Å². The quantitative estimate of drug-likeness (QED) is 0.172. The normalized spacial score (nSPS) is 13.6. The zero-order valence-electron chi connectivity index (χ0n) is 14.7. The monoisotopic (exact) mass is 388 g/mol. The summed E-state index contributed by atoms with van der Waals surface area (Å²) in [7, 11) is 0. The number of carboxylic acids is 1. The summed E-state index contributed by atoms with van der Waals surface area (Å²) in [4.78, 5) is 68.6. The number of aliphatic carboxylic acids is 1. The third-order valence-electron chi connectivity index (χ3n) is 3.29. The summed E-state index contributed by atoms with van der Waals surface area (Å²) in [6, 6.07) is -4.02. The van der Waals surface area contributed by atoms with Gasteiger partial charge in [-0.2, -0.15) is 0 Å². The lowest BCUT2D eigenvalue weighted by Crippen LogP contribution is -2.56. The van der Waals surface area contributed by atoms with Gasteiger partial charge in [-0.1, -0.05) is 0 Å². The van der Waals surface area contributed by atoms with Crippen molar-refractivity contribution in [1.82, 2.24) is 16.0 Å². The van der Waals surface area contributed by atoms with Gasteiger partial charge in [0.05, 0.1) is 13.0 Å². The van der Waals surface area contributed by atoms with Crippen molar-refractivity contribution in [3.63, 3.8) is 0 Å². The van der Waals surface area contributed by atoms with Gasteiger partial charge >= 0.3 is 5.97 Å². The molecule has 13 nitrogen and oxygen atoms in total. The number of hydrogen-bond acceptors (Lipinski definition) is 7. The molecule has 13 heteroatoms. The van der Waals surface area contributed by atoms with E-state index in [1.807, 2.05) is 0 Å². The minimum absolute atomic E-state index is 0.281. The lowest BCUT2D eigenvalue weighted by molar-refractivity contribution is -0.142. The van der Waals surface area contributed by atoms with Crippen molar-refractivity contribution in [2.75, 3.05) is 6.54 Å². The number of primary amides is 2. The van der Waals surface area contributed by atoms with Crippen molar-refractivity contribution in [1.29, 1.82) is 0 Å². The molecule has 0 aromatic carbocycles. The topological polar surface area (TPSA) is 237 Å². The van der Waals surface area contributed by atoms with Gasteiger partial charge in [-0.25, -0.2) is 4.79 Å². The summed E-state index contributed by atoms with van der Waals surface area (Å²) in [6.45, 7) is 0.956. The largest absolute Gasteiger partial charge is 0.480 e. The van der Waals surface area contributed by atoms with Crippen LogP contribution in [0, 0.1) is 0 Å². The Bertz CT molecular complexity index is 609. The number of nitrogens with two attached hydrogens (primary N) is 3. The van der Waals surface area contributed by atoms with Crippen molar-refractivity contribution in [2.24, 2.45) is 17.2 Å². The molecule has 152 valence electrons. The lowest BCUT2D eigenvalue weighted by Gasteiger charge is -2.22. The molecule has 3 unspecified atom stereocenters. The second kappa shape index (κ2) is 11.4. The first-order chi connectivity index (χ1) is 12.5. The fourth-order valence-corrected chi connectivity index (χ4v) is 1.89. The van der Waals surface area contributed by atoms with E-state index in [0.717, 1.165) is 0 Å². The van der Waals surface area contributed by atoms with Gasteiger partial charge in [0.2, 0.25) is 29.5 Å². The number of carboxylic acid groups (broad SMARTS) is 1. The van der Waals surface area contributed by atoms with Crippen LogP contribution in [-0.4, -0.2) is 65.3 Å². The van der Waals surface area contributed by atoms with Crippen LogP contribution in [0.1, 0.15) is 26.2 Å². The highest BCUT2D eigenvalue weighted by molar-refractivity contribution is 5.95. The maximum atomic E-state index is 12.3. The molecule has 0 aliphatic carbocycles. The molecule has 0 aromatic heterocycles. The van der Waals surface area contributed by atoms with Gasteiger partial charge in [0.1, 0.15) is 18.1 Å². The second-order valence-electron chi connectivity index (χ2n) is 5.63. The third kappa shape index (κ3) is 9.74. The van der Waals surface area contributed by atoms with Crippen LogP contribution in [0.25, 0.3) is 0 Å². The fourth-order valence-electron chi connectivity index (χ4n) is 1.89. The number of hydrogen-bond donors (Lipinski definition) is 7. The average molecular weight is 388 g/mol. The Morgan fingerprint density at radius 3 is 1.89 bits per heavy atom. The van der Waals surface area contributed by atoms with Crippen LogP contribution in [-0.2, 0) is 28.8 Å². The third-order valence-corrected chi connectivity index (χ3v) is 3.29. The van der Waals surface area contributed by atoms with E-state index in [4.69, 9.17) is 22.3 Å². The Balaban J connectivity index is 5.09. The van der Waals surface area contributed by atoms with E-state index < -0.39 is 60.1 Å². The molecule has 0 saturated heterocycles. The fraction of sp³-hybridized carbons (Fsp3) is 0.571. The number of carbonyl (C=O) groups is 6. The van der Waals surface area contributed by atoms with Crippen molar-refractivity contribution in [3.8, 4) is 0 Å². The first-order valence-electron chi connectivity index (χ1n) is 7.87. The molecule has 0 aliphatic heterocycles. The Hall–Kier alpha value is -3.22. The SMILES string of the molecule is CC(NC(=O)CN)C(=O)NC(CC(N)=O)C(=O)NC(CCC(N)=O)C(=O)O. The molecule has 0 fully saturated rings. The van der Waals surface area contributed by atoms with Crippen LogP contribution >= 0.6 is 0 Å². The van der Waals surface area contributed by atoms with Crippen LogP contribution < -0.4 is 33.2 Å². The molecule has 0 spiro atoms. The predicted molar refractivity (Wildman–Crippen MR) is 90.4 cm³/mol. The maximum Gasteiger partial charge on any atom is 0.326 e. The van der Waals surface area contributed by atoms with Crippen molar-refractivity contribution in [2.45, 2.75) is 44.3 Å². The van der Waals surface area contributed by atoms with Gasteiger partial charge in [-0.3, -0.25) is 24.0 Å². The summed E-state index contributed by atoms with van der Waals surface area (Å²) >= 11 is 0. The summed E-state index contributed by atoms with van der Waals surface area (Å²) in [5.74, 6) is -5.57. The first-order valence-corrected chi connectivity index (χ1v) is 7.87. The van der Waals surface area contributed by atoms with Gasteiger partial charge in [-0.05, 0) is 13.3 Å². The minimum Gasteiger partial charge on any atom is -0.480 e. The standard InChI is InChI=1S/C14H24N6O7/c1-6(18-11(23)5-15)12(24)20-8(4-10(17)22)13(25)19-7(14(26)27)2-3-9(16)21/h6-8H,2-5,15H2,1H3,(H2,16,21)(H2,17,22)(H,18,23)(H,19,25)(H,20,24)(H,26,27).